The van der Waals surface area contributed by atoms with Crippen LogP contribution in [0.25, 0.3) is 0 Å². The predicted molar refractivity (Wildman–Crippen MR) is 146 cm³/mol. The molecule has 2 aromatic carbocycles. The summed E-state index contributed by atoms with van der Waals surface area (Å²) in [4.78, 5) is 27.7. The average molecular weight is 588 g/mol. The second kappa shape index (κ2) is 11.9. The standard InChI is InChI=1S/C27H33Cl2FN2O5S/c1-5-22(16-31(4)38(36,37)6-2)32-25(17-7-9-19(28)10-8-17)23(18-11-20(29)13-21(30)12-18)14-27(3,26(32)35)15-24(33)34/h7-13,22-23,25H,5-6,14-16H2,1-4H3,(H,33,34)/t22-,23+,25+,27-/m0/s1. The maximum Gasteiger partial charge on any atom is 0.304 e. The fourth-order valence-corrected chi connectivity index (χ4v) is 6.57. The summed E-state index contributed by atoms with van der Waals surface area (Å²) in [6.45, 7) is 5.01. The number of likely N-dealkylation sites (tertiary alicyclic amines) is 1. The Morgan fingerprint density at radius 2 is 1.79 bits per heavy atom. The molecular formula is C27H33Cl2FN2O5S. The van der Waals surface area contributed by atoms with Crippen molar-refractivity contribution < 1.29 is 27.5 Å². The molecule has 1 N–H and O–H groups in total. The molecule has 0 aliphatic carbocycles. The molecule has 0 bridgehead atoms. The number of halogens is 3. The van der Waals surface area contributed by atoms with Crippen LogP contribution in [-0.2, 0) is 19.6 Å². The second-order valence-electron chi connectivity index (χ2n) is 10.1. The number of sulfonamides is 1. The fourth-order valence-electron chi connectivity index (χ4n) is 5.38. The van der Waals surface area contributed by atoms with Crippen LogP contribution >= 0.6 is 23.2 Å². The highest BCUT2D eigenvalue weighted by Gasteiger charge is 2.52. The first kappa shape index (κ1) is 30.3. The summed E-state index contributed by atoms with van der Waals surface area (Å²) in [6.07, 6.45) is 0.0924. The Morgan fingerprint density at radius 1 is 1.16 bits per heavy atom. The number of carboxylic acids is 1. The molecule has 2 aromatic rings. The van der Waals surface area contributed by atoms with Crippen molar-refractivity contribution in [2.24, 2.45) is 5.41 Å². The van der Waals surface area contributed by atoms with Gasteiger partial charge >= 0.3 is 5.97 Å². The van der Waals surface area contributed by atoms with Gasteiger partial charge in [0.1, 0.15) is 5.82 Å². The number of amides is 1. The number of hydrogen-bond donors (Lipinski definition) is 1. The van der Waals surface area contributed by atoms with E-state index in [-0.39, 0.29) is 23.7 Å². The first-order valence-corrected chi connectivity index (χ1v) is 14.8. The number of benzene rings is 2. The minimum Gasteiger partial charge on any atom is -0.481 e. The van der Waals surface area contributed by atoms with Crippen LogP contribution in [0.15, 0.2) is 42.5 Å². The molecule has 1 heterocycles. The second-order valence-corrected chi connectivity index (χ2v) is 13.3. The molecule has 1 saturated heterocycles. The van der Waals surface area contributed by atoms with E-state index in [2.05, 4.69) is 0 Å². The van der Waals surface area contributed by atoms with E-state index in [1.807, 2.05) is 6.92 Å². The lowest BCUT2D eigenvalue weighted by atomic mass is 9.67. The minimum atomic E-state index is -3.56. The lowest BCUT2D eigenvalue weighted by molar-refractivity contribution is -0.160. The Labute approximate surface area is 233 Å². The van der Waals surface area contributed by atoms with Crippen LogP contribution in [0.1, 0.15) is 63.1 Å². The van der Waals surface area contributed by atoms with Crippen molar-refractivity contribution in [3.05, 3.63) is 69.5 Å². The summed E-state index contributed by atoms with van der Waals surface area (Å²) in [6, 6.07) is 9.86. The number of hydrogen-bond acceptors (Lipinski definition) is 4. The number of nitrogens with zero attached hydrogens (tertiary/aromatic N) is 2. The third kappa shape index (κ3) is 6.50. The fraction of sp³-hybridized carbons (Fsp3) is 0.481. The maximum absolute atomic E-state index is 14.6. The molecule has 0 radical (unpaired) electrons. The van der Waals surface area contributed by atoms with Crippen LogP contribution in [0.3, 0.4) is 0 Å². The molecule has 208 valence electrons. The van der Waals surface area contributed by atoms with E-state index in [4.69, 9.17) is 23.2 Å². The van der Waals surface area contributed by atoms with Gasteiger partial charge in [-0.15, -0.1) is 0 Å². The van der Waals surface area contributed by atoms with Gasteiger partial charge in [0.15, 0.2) is 0 Å². The van der Waals surface area contributed by atoms with E-state index < -0.39 is 57.6 Å². The van der Waals surface area contributed by atoms with Gasteiger partial charge in [-0.1, -0.05) is 49.2 Å². The average Bonchev–Trinajstić information content (AvgIpc) is 2.83. The van der Waals surface area contributed by atoms with Gasteiger partial charge in [0, 0.05) is 35.6 Å². The van der Waals surface area contributed by atoms with Crippen molar-refractivity contribution in [1.29, 1.82) is 0 Å². The normalized spacial score (nSPS) is 23.1. The third-order valence-electron chi connectivity index (χ3n) is 7.34. The molecule has 38 heavy (non-hydrogen) atoms. The number of carboxylic acid groups (broad SMARTS) is 1. The zero-order valence-electron chi connectivity index (χ0n) is 21.8. The molecule has 1 aliphatic rings. The first-order valence-electron chi connectivity index (χ1n) is 12.4. The summed E-state index contributed by atoms with van der Waals surface area (Å²) in [5.41, 5.74) is -0.0909. The van der Waals surface area contributed by atoms with Crippen molar-refractivity contribution in [2.75, 3.05) is 19.3 Å². The van der Waals surface area contributed by atoms with Crippen LogP contribution in [0.4, 0.5) is 4.39 Å². The van der Waals surface area contributed by atoms with Gasteiger partial charge in [0.05, 0.1) is 23.6 Å². The predicted octanol–water partition coefficient (Wildman–Crippen LogP) is 5.73. The van der Waals surface area contributed by atoms with E-state index in [1.54, 1.807) is 49.1 Å². The Kier molecular flexibility index (Phi) is 9.50. The van der Waals surface area contributed by atoms with E-state index in [0.29, 0.717) is 22.6 Å². The van der Waals surface area contributed by atoms with Gasteiger partial charge in [0.2, 0.25) is 15.9 Å². The zero-order valence-corrected chi connectivity index (χ0v) is 24.2. The van der Waals surface area contributed by atoms with E-state index in [0.717, 1.165) is 0 Å². The molecule has 0 aromatic heterocycles. The van der Waals surface area contributed by atoms with Crippen molar-refractivity contribution in [1.82, 2.24) is 9.21 Å². The Hall–Kier alpha value is -2.20. The van der Waals surface area contributed by atoms with Gasteiger partial charge in [-0.2, -0.15) is 0 Å². The van der Waals surface area contributed by atoms with Crippen molar-refractivity contribution in [3.63, 3.8) is 0 Å². The maximum atomic E-state index is 14.6. The molecule has 11 heteroatoms. The summed E-state index contributed by atoms with van der Waals surface area (Å²) in [5, 5.41) is 10.4. The topological polar surface area (TPSA) is 95.0 Å². The molecule has 3 rings (SSSR count). The number of carbonyl (C=O) groups excluding carboxylic acids is 1. The number of rotatable bonds is 10. The highest BCUT2D eigenvalue weighted by molar-refractivity contribution is 7.89. The molecule has 7 nitrogen and oxygen atoms in total. The van der Waals surface area contributed by atoms with E-state index in [9.17, 15) is 27.5 Å². The van der Waals surface area contributed by atoms with Gasteiger partial charge in [-0.25, -0.2) is 17.1 Å². The van der Waals surface area contributed by atoms with E-state index in [1.165, 1.54) is 23.5 Å². The summed E-state index contributed by atoms with van der Waals surface area (Å²) in [5.74, 6) is -2.72. The molecule has 0 unspecified atom stereocenters. The van der Waals surface area contributed by atoms with Gasteiger partial charge in [0.25, 0.3) is 0 Å². The number of likely N-dealkylation sites (N-methyl/N-ethyl adjacent to an activating group) is 1. The SMILES string of the molecule is CC[C@@H](CN(C)S(=O)(=O)CC)N1C(=O)[C@](C)(CC(=O)O)C[C@H](c2cc(F)cc(Cl)c2)[C@H]1c1ccc(Cl)cc1. The molecular weight excluding hydrogens is 554 g/mol. The lowest BCUT2D eigenvalue weighted by Gasteiger charge is -2.52. The molecule has 0 saturated carbocycles. The molecule has 0 spiro atoms. The molecule has 1 aliphatic heterocycles. The van der Waals surface area contributed by atoms with Gasteiger partial charge in [-0.05, 0) is 61.2 Å². The minimum absolute atomic E-state index is 0.0162. The quantitative estimate of drug-likeness (QED) is 0.383. The summed E-state index contributed by atoms with van der Waals surface area (Å²) in [7, 11) is -2.09. The van der Waals surface area contributed by atoms with Gasteiger partial charge in [-0.3, -0.25) is 9.59 Å². The van der Waals surface area contributed by atoms with Crippen molar-refractivity contribution in [3.8, 4) is 0 Å². The Morgan fingerprint density at radius 3 is 2.32 bits per heavy atom. The van der Waals surface area contributed by atoms with Crippen LogP contribution in [0, 0.1) is 11.2 Å². The Bertz CT molecular complexity index is 1270. The summed E-state index contributed by atoms with van der Waals surface area (Å²) < 4.78 is 41.0. The summed E-state index contributed by atoms with van der Waals surface area (Å²) >= 11 is 12.4. The number of piperidine rings is 1. The lowest BCUT2D eigenvalue weighted by Crippen LogP contribution is -2.58. The largest absolute Gasteiger partial charge is 0.481 e. The van der Waals surface area contributed by atoms with Gasteiger partial charge < -0.3 is 10.0 Å². The van der Waals surface area contributed by atoms with E-state index >= 15 is 0 Å². The third-order valence-corrected chi connectivity index (χ3v) is 9.64. The highest BCUT2D eigenvalue weighted by Crippen LogP contribution is 2.52. The highest BCUT2D eigenvalue weighted by atomic mass is 35.5. The molecule has 1 fully saturated rings. The van der Waals surface area contributed by atoms with Crippen LogP contribution < -0.4 is 0 Å². The van der Waals surface area contributed by atoms with Crippen LogP contribution in [-0.4, -0.2) is 60.0 Å². The van der Waals surface area contributed by atoms with Crippen molar-refractivity contribution in [2.45, 2.75) is 58.0 Å². The smallest absolute Gasteiger partial charge is 0.304 e. The monoisotopic (exact) mass is 586 g/mol. The number of aliphatic carboxylic acids is 1. The Balaban J connectivity index is 2.26. The number of carbonyl (C=O) groups is 2. The first-order chi connectivity index (χ1) is 17.7. The van der Waals surface area contributed by atoms with Crippen molar-refractivity contribution >= 4 is 45.1 Å². The molecule has 4 atom stereocenters. The van der Waals surface area contributed by atoms with Crippen LogP contribution in [0.2, 0.25) is 10.0 Å². The molecule has 1 amide bonds. The zero-order chi connectivity index (χ0) is 28.4. The van der Waals surface area contributed by atoms with Crippen LogP contribution in [0.5, 0.6) is 0 Å².